The minimum absolute atomic E-state index is 0.00511. The number of rotatable bonds is 6. The number of amides is 1. The van der Waals surface area contributed by atoms with Crippen molar-refractivity contribution in [1.82, 2.24) is 24.2 Å². The molecule has 3 aromatic heterocycles. The molecule has 0 saturated carbocycles. The Labute approximate surface area is 180 Å². The molecule has 0 saturated heterocycles. The second kappa shape index (κ2) is 8.84. The van der Waals surface area contributed by atoms with Gasteiger partial charge in [0.1, 0.15) is 22.8 Å². The molecule has 164 valence electrons. The van der Waals surface area contributed by atoms with Gasteiger partial charge in [-0.1, -0.05) is 0 Å². The summed E-state index contributed by atoms with van der Waals surface area (Å²) < 4.78 is 49.7. The number of nitrogens with zero attached hydrogens (tertiary/aromatic N) is 5. The fourth-order valence-electron chi connectivity index (χ4n) is 2.53. The molecule has 0 aliphatic heterocycles. The Hall–Kier alpha value is -3.28. The molecule has 0 fully saturated rings. The van der Waals surface area contributed by atoms with Gasteiger partial charge in [0.15, 0.2) is 5.82 Å². The summed E-state index contributed by atoms with van der Waals surface area (Å²) in [6.45, 7) is 3.25. The van der Waals surface area contributed by atoms with E-state index < -0.39 is 17.8 Å². The second-order valence-corrected chi connectivity index (χ2v) is 7.63. The Morgan fingerprint density at radius 1 is 1.26 bits per heavy atom. The molecule has 0 bridgehead atoms. The molecule has 1 amide bonds. The van der Waals surface area contributed by atoms with Gasteiger partial charge in [0.25, 0.3) is 5.91 Å². The highest BCUT2D eigenvalue weighted by Gasteiger charge is 2.36. The summed E-state index contributed by atoms with van der Waals surface area (Å²) in [5, 5.41) is 3.14. The number of carbonyl (C=O) groups is 1. The van der Waals surface area contributed by atoms with Crippen LogP contribution in [0.4, 0.5) is 24.1 Å². The minimum atomic E-state index is -4.63. The Bertz CT molecular complexity index is 1080. The number of nitrogens with one attached hydrogen (secondary N) is 1. The topological polar surface area (TPSA) is 93.1 Å². The summed E-state index contributed by atoms with van der Waals surface area (Å²) in [5.41, 5.74) is -0.700. The highest BCUT2D eigenvalue weighted by Crippen LogP contribution is 2.38. The molecule has 0 aliphatic rings. The van der Waals surface area contributed by atoms with Crippen molar-refractivity contribution in [2.24, 2.45) is 0 Å². The molecule has 0 aliphatic carbocycles. The number of pyridine rings is 2. The monoisotopic (exact) mass is 452 g/mol. The highest BCUT2D eigenvalue weighted by molar-refractivity contribution is 7.09. The molecule has 0 radical (unpaired) electrons. The Morgan fingerprint density at radius 3 is 2.65 bits per heavy atom. The van der Waals surface area contributed by atoms with E-state index in [0.29, 0.717) is 5.56 Å². The molecule has 31 heavy (non-hydrogen) atoms. The van der Waals surface area contributed by atoms with Crippen molar-refractivity contribution >= 4 is 28.4 Å². The van der Waals surface area contributed by atoms with E-state index in [1.54, 1.807) is 40.1 Å². The van der Waals surface area contributed by atoms with Crippen LogP contribution in [0.2, 0.25) is 0 Å². The Morgan fingerprint density at radius 2 is 2.00 bits per heavy atom. The number of ether oxygens (including phenoxy) is 1. The predicted molar refractivity (Wildman–Crippen MR) is 109 cm³/mol. The van der Waals surface area contributed by atoms with Crippen LogP contribution in [0, 0.1) is 0 Å². The van der Waals surface area contributed by atoms with Crippen LogP contribution in [0.1, 0.15) is 29.8 Å². The van der Waals surface area contributed by atoms with E-state index in [-0.39, 0.29) is 34.1 Å². The molecule has 0 unspecified atom stereocenters. The molecule has 0 aromatic carbocycles. The average molecular weight is 452 g/mol. The zero-order valence-corrected chi connectivity index (χ0v) is 17.9. The summed E-state index contributed by atoms with van der Waals surface area (Å²) in [7, 11) is 3.22. The fraction of sp³-hybridized carbons (Fsp3) is 0.316. The third-order valence-electron chi connectivity index (χ3n) is 3.86. The van der Waals surface area contributed by atoms with Crippen LogP contribution in [0.3, 0.4) is 0 Å². The van der Waals surface area contributed by atoms with E-state index in [2.05, 4.69) is 24.6 Å². The van der Waals surface area contributed by atoms with Crippen molar-refractivity contribution in [2.45, 2.75) is 26.1 Å². The average Bonchev–Trinajstić information content (AvgIpc) is 3.15. The zero-order chi connectivity index (χ0) is 22.8. The first-order valence-corrected chi connectivity index (χ1v) is 9.85. The molecular formula is C19H19F3N6O2S. The third-order valence-corrected chi connectivity index (χ3v) is 4.49. The minimum Gasteiger partial charge on any atom is -0.489 e. The van der Waals surface area contributed by atoms with Crippen LogP contribution in [0.25, 0.3) is 11.5 Å². The van der Waals surface area contributed by atoms with Crippen LogP contribution >= 0.6 is 11.5 Å². The van der Waals surface area contributed by atoms with Gasteiger partial charge in [-0.25, -0.2) is 9.97 Å². The number of anilines is 2. The molecule has 0 spiro atoms. The smallest absolute Gasteiger partial charge is 0.420 e. The van der Waals surface area contributed by atoms with E-state index in [1.807, 2.05) is 0 Å². The van der Waals surface area contributed by atoms with Crippen LogP contribution in [-0.2, 0) is 6.18 Å². The van der Waals surface area contributed by atoms with Gasteiger partial charge in [0, 0.05) is 31.8 Å². The zero-order valence-electron chi connectivity index (χ0n) is 17.1. The van der Waals surface area contributed by atoms with Crippen LogP contribution < -0.4 is 10.1 Å². The van der Waals surface area contributed by atoms with Gasteiger partial charge < -0.3 is 15.0 Å². The van der Waals surface area contributed by atoms with E-state index in [9.17, 15) is 18.0 Å². The van der Waals surface area contributed by atoms with Gasteiger partial charge in [-0.2, -0.15) is 22.5 Å². The van der Waals surface area contributed by atoms with Crippen molar-refractivity contribution in [3.05, 3.63) is 41.7 Å². The quantitative estimate of drug-likeness (QED) is 0.598. The molecule has 1 N–H and O–H groups in total. The number of hydrogen-bond acceptors (Lipinski definition) is 8. The molecule has 8 nitrogen and oxygen atoms in total. The molecule has 3 rings (SSSR count). The number of halogens is 3. The van der Waals surface area contributed by atoms with E-state index in [0.717, 1.165) is 23.8 Å². The van der Waals surface area contributed by atoms with Gasteiger partial charge in [-0.05, 0) is 32.0 Å². The maximum Gasteiger partial charge on any atom is 0.420 e. The van der Waals surface area contributed by atoms with E-state index in [1.165, 1.54) is 11.1 Å². The summed E-state index contributed by atoms with van der Waals surface area (Å²) in [6, 6.07) is 4.08. The van der Waals surface area contributed by atoms with Crippen molar-refractivity contribution in [1.29, 1.82) is 0 Å². The molecule has 0 atom stereocenters. The van der Waals surface area contributed by atoms with Gasteiger partial charge in [0.2, 0.25) is 5.13 Å². The summed E-state index contributed by atoms with van der Waals surface area (Å²) >= 11 is 0.907. The van der Waals surface area contributed by atoms with E-state index in [4.69, 9.17) is 4.74 Å². The number of carbonyl (C=O) groups excluding carboxylic acids is 1. The maximum atomic E-state index is 13.5. The number of hydrogen-bond donors (Lipinski definition) is 1. The van der Waals surface area contributed by atoms with Gasteiger partial charge >= 0.3 is 6.18 Å². The maximum absolute atomic E-state index is 13.5. The lowest BCUT2D eigenvalue weighted by Crippen LogP contribution is -2.22. The number of alkyl halides is 3. The van der Waals surface area contributed by atoms with Gasteiger partial charge in [-0.15, -0.1) is 0 Å². The lowest BCUT2D eigenvalue weighted by Gasteiger charge is -2.16. The van der Waals surface area contributed by atoms with Crippen LogP contribution in [0.5, 0.6) is 5.75 Å². The second-order valence-electron chi connectivity index (χ2n) is 6.88. The van der Waals surface area contributed by atoms with Crippen molar-refractivity contribution in [2.75, 3.05) is 19.4 Å². The van der Waals surface area contributed by atoms with Crippen LogP contribution in [0.15, 0.2) is 30.6 Å². The molecular weight excluding hydrogens is 433 g/mol. The van der Waals surface area contributed by atoms with Crippen molar-refractivity contribution in [3.63, 3.8) is 0 Å². The third kappa shape index (κ3) is 5.26. The van der Waals surface area contributed by atoms with Crippen molar-refractivity contribution < 1.29 is 22.7 Å². The molecule has 12 heteroatoms. The first-order valence-electron chi connectivity index (χ1n) is 9.08. The Kier molecular flexibility index (Phi) is 6.39. The normalized spacial score (nSPS) is 11.5. The standard InChI is InChI=1S/C19H19F3N6O2S/c1-10(2)30-14-9-24-13(8-12(14)19(20,21)22)16-26-18(31-27-16)25-15-11(6-5-7-23-15)17(29)28(3)4/h5-10H,1-4H3,(H,23,25,26,27). The molecule has 3 aromatic rings. The predicted octanol–water partition coefficient (Wildman–Crippen LogP) is 4.25. The van der Waals surface area contributed by atoms with Gasteiger partial charge in [0.05, 0.1) is 17.9 Å². The lowest BCUT2D eigenvalue weighted by molar-refractivity contribution is -0.139. The van der Waals surface area contributed by atoms with Crippen molar-refractivity contribution in [3.8, 4) is 17.3 Å². The highest BCUT2D eigenvalue weighted by atomic mass is 32.1. The largest absolute Gasteiger partial charge is 0.489 e. The number of aromatic nitrogens is 4. The van der Waals surface area contributed by atoms with Gasteiger partial charge in [-0.3, -0.25) is 4.79 Å². The summed E-state index contributed by atoms with van der Waals surface area (Å²) in [4.78, 5) is 26.1. The van der Waals surface area contributed by atoms with Crippen LogP contribution in [-0.4, -0.2) is 50.3 Å². The lowest BCUT2D eigenvalue weighted by atomic mass is 10.2. The fourth-order valence-corrected chi connectivity index (χ4v) is 3.11. The summed E-state index contributed by atoms with van der Waals surface area (Å²) in [6.07, 6.45) is -2.56. The van der Waals surface area contributed by atoms with E-state index >= 15 is 0 Å². The molecule has 3 heterocycles. The Balaban J connectivity index is 1.91. The first-order chi connectivity index (χ1) is 14.6. The summed E-state index contributed by atoms with van der Waals surface area (Å²) in [5.74, 6) is -0.364. The SMILES string of the molecule is CC(C)Oc1cnc(-c2nsc(Nc3ncccc3C(=O)N(C)C)n2)cc1C(F)(F)F. The first kappa shape index (κ1) is 22.4.